The number of carboxylic acids is 1. The van der Waals surface area contributed by atoms with E-state index in [1.165, 1.54) is 19.3 Å². The molecule has 2 rings (SSSR count). The van der Waals surface area contributed by atoms with Crippen LogP contribution in [-0.4, -0.2) is 41.1 Å². The van der Waals surface area contributed by atoms with Gasteiger partial charge in [-0.1, -0.05) is 26.7 Å². The summed E-state index contributed by atoms with van der Waals surface area (Å²) in [5, 5.41) is 11.9. The molecule has 1 aliphatic heterocycles. The van der Waals surface area contributed by atoms with E-state index < -0.39 is 5.97 Å². The van der Waals surface area contributed by atoms with Crippen LogP contribution in [0.5, 0.6) is 0 Å². The third-order valence-electron chi connectivity index (χ3n) is 4.50. The summed E-state index contributed by atoms with van der Waals surface area (Å²) in [7, 11) is 0. The Labute approximate surface area is 114 Å². The van der Waals surface area contributed by atoms with Crippen LogP contribution < -0.4 is 5.32 Å². The fraction of sp³-hybridized carbons (Fsp3) is 0.857. The molecule has 19 heavy (non-hydrogen) atoms. The zero-order valence-electron chi connectivity index (χ0n) is 11.8. The van der Waals surface area contributed by atoms with Crippen LogP contribution in [-0.2, 0) is 4.79 Å². The van der Waals surface area contributed by atoms with Gasteiger partial charge in [0.2, 0.25) is 0 Å². The van der Waals surface area contributed by atoms with Gasteiger partial charge < -0.3 is 15.3 Å². The number of aliphatic carboxylic acids is 1. The molecule has 0 bridgehead atoms. The number of likely N-dealkylation sites (tertiary alicyclic amines) is 1. The van der Waals surface area contributed by atoms with Crippen molar-refractivity contribution in [3.05, 3.63) is 0 Å². The number of nitrogens with one attached hydrogen (secondary N) is 1. The lowest BCUT2D eigenvalue weighted by atomic mass is 9.78. The third-order valence-corrected chi connectivity index (χ3v) is 4.50. The first-order valence-electron chi connectivity index (χ1n) is 7.27. The van der Waals surface area contributed by atoms with E-state index in [1.54, 1.807) is 4.90 Å². The van der Waals surface area contributed by atoms with Crippen LogP contribution in [0.3, 0.4) is 0 Å². The number of rotatable bonds is 3. The minimum Gasteiger partial charge on any atom is -0.481 e. The maximum absolute atomic E-state index is 12.1. The molecule has 1 saturated carbocycles. The highest BCUT2D eigenvalue weighted by Crippen LogP contribution is 2.30. The Balaban J connectivity index is 1.83. The molecular weight excluding hydrogens is 244 g/mol. The first kappa shape index (κ1) is 14.2. The second-order valence-corrected chi connectivity index (χ2v) is 6.19. The van der Waals surface area contributed by atoms with Crippen LogP contribution in [0.25, 0.3) is 0 Å². The minimum absolute atomic E-state index is 0.0879. The van der Waals surface area contributed by atoms with Crippen molar-refractivity contribution in [1.29, 1.82) is 0 Å². The van der Waals surface area contributed by atoms with Crippen LogP contribution >= 0.6 is 0 Å². The number of hydrogen-bond donors (Lipinski definition) is 2. The Kier molecular flexibility index (Phi) is 4.32. The van der Waals surface area contributed by atoms with E-state index in [9.17, 15) is 9.59 Å². The zero-order valence-corrected chi connectivity index (χ0v) is 11.8. The number of carboxylic acid groups (broad SMARTS) is 1. The molecule has 0 aromatic rings. The molecule has 2 N–H and O–H groups in total. The molecule has 0 aromatic heterocycles. The summed E-state index contributed by atoms with van der Waals surface area (Å²) >= 11 is 0. The van der Waals surface area contributed by atoms with Gasteiger partial charge in [0.1, 0.15) is 0 Å². The predicted molar refractivity (Wildman–Crippen MR) is 71.8 cm³/mol. The first-order chi connectivity index (χ1) is 8.99. The average Bonchev–Trinajstić information content (AvgIpc) is 2.26. The van der Waals surface area contributed by atoms with Gasteiger partial charge in [-0.25, -0.2) is 4.79 Å². The lowest BCUT2D eigenvalue weighted by molar-refractivity contribution is -0.146. The molecule has 2 aliphatic rings. The summed E-state index contributed by atoms with van der Waals surface area (Å²) in [6, 6.07) is 0.167. The van der Waals surface area contributed by atoms with Gasteiger partial charge in [0, 0.05) is 19.1 Å². The van der Waals surface area contributed by atoms with Gasteiger partial charge in [-0.3, -0.25) is 4.79 Å². The summed E-state index contributed by atoms with van der Waals surface area (Å²) < 4.78 is 0. The number of carbonyl (C=O) groups excluding carboxylic acids is 1. The van der Waals surface area contributed by atoms with Gasteiger partial charge in [-0.15, -0.1) is 0 Å². The van der Waals surface area contributed by atoms with Crippen molar-refractivity contribution in [2.45, 2.75) is 45.6 Å². The van der Waals surface area contributed by atoms with E-state index >= 15 is 0 Å². The van der Waals surface area contributed by atoms with E-state index in [-0.39, 0.29) is 18.0 Å². The third kappa shape index (κ3) is 3.19. The number of hydrogen-bond acceptors (Lipinski definition) is 2. The van der Waals surface area contributed by atoms with Crippen molar-refractivity contribution in [2.24, 2.45) is 17.8 Å². The Morgan fingerprint density at radius 2 is 1.84 bits per heavy atom. The fourth-order valence-electron chi connectivity index (χ4n) is 3.19. The van der Waals surface area contributed by atoms with Crippen LogP contribution in [0.2, 0.25) is 0 Å². The van der Waals surface area contributed by atoms with E-state index in [4.69, 9.17) is 5.11 Å². The van der Waals surface area contributed by atoms with Crippen molar-refractivity contribution in [3.63, 3.8) is 0 Å². The summed E-state index contributed by atoms with van der Waals surface area (Å²) in [5.74, 6) is -0.0530. The summed E-state index contributed by atoms with van der Waals surface area (Å²) in [6.07, 6.45) is 4.65. The average molecular weight is 268 g/mol. The monoisotopic (exact) mass is 268 g/mol. The standard InChI is InChI=1S/C14H24N2O3/c1-9(2)11-5-3-4-6-12(11)15-14(19)16-7-10(8-16)13(17)18/h9-12H,3-8H2,1-2H3,(H,15,19)(H,17,18). The Bertz CT molecular complexity index is 351. The number of carbonyl (C=O) groups is 2. The maximum Gasteiger partial charge on any atom is 0.317 e. The summed E-state index contributed by atoms with van der Waals surface area (Å²) in [4.78, 5) is 24.4. The lowest BCUT2D eigenvalue weighted by Crippen LogP contribution is -2.58. The van der Waals surface area contributed by atoms with Crippen molar-refractivity contribution in [2.75, 3.05) is 13.1 Å². The van der Waals surface area contributed by atoms with E-state index in [1.807, 2.05) is 0 Å². The van der Waals surface area contributed by atoms with E-state index in [0.29, 0.717) is 24.9 Å². The molecule has 5 heteroatoms. The van der Waals surface area contributed by atoms with Crippen LogP contribution in [0.1, 0.15) is 39.5 Å². The van der Waals surface area contributed by atoms with E-state index in [2.05, 4.69) is 19.2 Å². The van der Waals surface area contributed by atoms with Gasteiger partial charge in [-0.2, -0.15) is 0 Å². The quantitative estimate of drug-likeness (QED) is 0.821. The smallest absolute Gasteiger partial charge is 0.317 e. The predicted octanol–water partition coefficient (Wildman–Crippen LogP) is 1.93. The molecule has 1 heterocycles. The SMILES string of the molecule is CC(C)C1CCCCC1NC(=O)N1CC(C(=O)O)C1. The van der Waals surface area contributed by atoms with Crippen molar-refractivity contribution >= 4 is 12.0 Å². The van der Waals surface area contributed by atoms with E-state index in [0.717, 1.165) is 6.42 Å². The summed E-state index contributed by atoms with van der Waals surface area (Å²) in [6.45, 7) is 5.11. The number of nitrogens with zero attached hydrogens (tertiary/aromatic N) is 1. The molecule has 0 aromatic carbocycles. The molecule has 2 fully saturated rings. The molecule has 2 atom stereocenters. The molecular formula is C14H24N2O3. The molecule has 5 nitrogen and oxygen atoms in total. The molecule has 0 radical (unpaired) electrons. The molecule has 1 aliphatic carbocycles. The van der Waals surface area contributed by atoms with Gasteiger partial charge in [0.15, 0.2) is 0 Å². The van der Waals surface area contributed by atoms with Crippen LogP contribution in [0.15, 0.2) is 0 Å². The molecule has 0 spiro atoms. The highest BCUT2D eigenvalue weighted by molar-refractivity contribution is 5.79. The van der Waals surface area contributed by atoms with Gasteiger partial charge in [0.25, 0.3) is 0 Å². The molecule has 1 saturated heterocycles. The zero-order chi connectivity index (χ0) is 14.0. The Hall–Kier alpha value is -1.26. The van der Waals surface area contributed by atoms with Crippen molar-refractivity contribution in [3.8, 4) is 0 Å². The molecule has 2 amide bonds. The second-order valence-electron chi connectivity index (χ2n) is 6.19. The Morgan fingerprint density at radius 1 is 1.21 bits per heavy atom. The first-order valence-corrected chi connectivity index (χ1v) is 7.27. The number of urea groups is 1. The lowest BCUT2D eigenvalue weighted by Gasteiger charge is -2.40. The van der Waals surface area contributed by atoms with Crippen molar-refractivity contribution < 1.29 is 14.7 Å². The van der Waals surface area contributed by atoms with Gasteiger partial charge >= 0.3 is 12.0 Å². The highest BCUT2D eigenvalue weighted by Gasteiger charge is 2.37. The maximum atomic E-state index is 12.1. The van der Waals surface area contributed by atoms with Gasteiger partial charge in [0.05, 0.1) is 5.92 Å². The summed E-state index contributed by atoms with van der Waals surface area (Å²) in [5.41, 5.74) is 0. The van der Waals surface area contributed by atoms with Crippen LogP contribution in [0, 0.1) is 17.8 Å². The second kappa shape index (κ2) is 5.80. The largest absolute Gasteiger partial charge is 0.481 e. The topological polar surface area (TPSA) is 69.6 Å². The normalized spacial score (nSPS) is 28.1. The highest BCUT2D eigenvalue weighted by atomic mass is 16.4. The fourth-order valence-corrected chi connectivity index (χ4v) is 3.19. The van der Waals surface area contributed by atoms with Crippen molar-refractivity contribution in [1.82, 2.24) is 10.2 Å². The number of amides is 2. The molecule has 108 valence electrons. The minimum atomic E-state index is -0.804. The molecule has 2 unspecified atom stereocenters. The van der Waals surface area contributed by atoms with Gasteiger partial charge in [-0.05, 0) is 24.7 Å². The van der Waals surface area contributed by atoms with Crippen LogP contribution in [0.4, 0.5) is 4.79 Å². The Morgan fingerprint density at radius 3 is 2.42 bits per heavy atom.